The van der Waals surface area contributed by atoms with Crippen LogP contribution in [0.25, 0.3) is 10.8 Å². The van der Waals surface area contributed by atoms with Crippen LogP contribution in [-0.2, 0) is 0 Å². The maximum absolute atomic E-state index is 4.52. The Hall–Kier alpha value is -1.68. The number of rotatable bonds is 4. The van der Waals surface area contributed by atoms with Crippen molar-refractivity contribution in [2.24, 2.45) is 0 Å². The van der Waals surface area contributed by atoms with Crippen molar-refractivity contribution in [3.05, 3.63) is 30.0 Å². The highest BCUT2D eigenvalue weighted by atomic mass is 15.3. The second-order valence-electron chi connectivity index (χ2n) is 5.49. The number of anilines is 1. The van der Waals surface area contributed by atoms with Gasteiger partial charge < -0.3 is 10.2 Å². The van der Waals surface area contributed by atoms with Gasteiger partial charge in [0.2, 0.25) is 0 Å². The summed E-state index contributed by atoms with van der Waals surface area (Å²) < 4.78 is 0. The van der Waals surface area contributed by atoms with Crippen LogP contribution in [0.1, 0.15) is 25.5 Å². The lowest BCUT2D eigenvalue weighted by Crippen LogP contribution is -2.38. The van der Waals surface area contributed by atoms with Gasteiger partial charge >= 0.3 is 0 Å². The molecule has 4 heteroatoms. The number of nitrogens with zero attached hydrogens (tertiary/aromatic N) is 3. The van der Waals surface area contributed by atoms with Gasteiger partial charge in [-0.3, -0.25) is 0 Å². The molecule has 2 aromatic rings. The largest absolute Gasteiger partial charge is 0.350 e. The summed E-state index contributed by atoms with van der Waals surface area (Å²) in [5.41, 5.74) is 1.00. The van der Waals surface area contributed by atoms with Crippen LogP contribution in [0.3, 0.4) is 0 Å². The molecule has 1 aliphatic rings. The Kier molecular flexibility index (Phi) is 3.83. The molecule has 0 radical (unpaired) electrons. The number of aryl methyl sites for hydroxylation is 1. The van der Waals surface area contributed by atoms with E-state index in [9.17, 15) is 0 Å². The monoisotopic (exact) mass is 270 g/mol. The van der Waals surface area contributed by atoms with Crippen LogP contribution in [0, 0.1) is 6.92 Å². The minimum atomic E-state index is 0.537. The van der Waals surface area contributed by atoms with E-state index < -0.39 is 0 Å². The lowest BCUT2D eigenvalue weighted by molar-refractivity contribution is 0.616. The molecule has 1 unspecified atom stereocenters. The molecule has 0 spiro atoms. The fraction of sp³-hybridized carbons (Fsp3) is 0.500. The Morgan fingerprint density at radius 1 is 1.25 bits per heavy atom. The molecule has 1 saturated heterocycles. The Balaban J connectivity index is 2.08. The number of benzene rings is 1. The molecule has 4 nitrogen and oxygen atoms in total. The van der Waals surface area contributed by atoms with E-state index in [0.29, 0.717) is 6.04 Å². The van der Waals surface area contributed by atoms with E-state index >= 15 is 0 Å². The zero-order chi connectivity index (χ0) is 13.9. The van der Waals surface area contributed by atoms with Gasteiger partial charge in [-0.25, -0.2) is 0 Å². The van der Waals surface area contributed by atoms with E-state index in [1.807, 2.05) is 6.92 Å². The molecule has 1 aromatic carbocycles. The fourth-order valence-electron chi connectivity index (χ4n) is 3.04. The summed E-state index contributed by atoms with van der Waals surface area (Å²) in [6.45, 7) is 7.43. The Bertz CT molecular complexity index is 590. The number of hydrogen-bond acceptors (Lipinski definition) is 4. The summed E-state index contributed by atoms with van der Waals surface area (Å²) in [7, 11) is 0. The first-order valence-electron chi connectivity index (χ1n) is 7.50. The van der Waals surface area contributed by atoms with Gasteiger partial charge in [0, 0.05) is 29.9 Å². The zero-order valence-electron chi connectivity index (χ0n) is 12.3. The molecule has 0 saturated carbocycles. The lowest BCUT2D eigenvalue weighted by atomic mass is 10.1. The number of hydrogen-bond donors (Lipinski definition) is 1. The van der Waals surface area contributed by atoms with Gasteiger partial charge in [0.15, 0.2) is 5.82 Å². The summed E-state index contributed by atoms with van der Waals surface area (Å²) in [4.78, 5) is 2.44. The summed E-state index contributed by atoms with van der Waals surface area (Å²) >= 11 is 0. The Morgan fingerprint density at radius 2 is 2.05 bits per heavy atom. The normalized spacial score (nSPS) is 18.6. The van der Waals surface area contributed by atoms with E-state index in [0.717, 1.165) is 37.6 Å². The van der Waals surface area contributed by atoms with Crippen molar-refractivity contribution in [1.29, 1.82) is 0 Å². The number of aromatic nitrogens is 2. The van der Waals surface area contributed by atoms with Crippen LogP contribution in [-0.4, -0.2) is 35.9 Å². The van der Waals surface area contributed by atoms with Gasteiger partial charge in [-0.1, -0.05) is 31.2 Å². The highest BCUT2D eigenvalue weighted by molar-refractivity contribution is 5.93. The summed E-state index contributed by atoms with van der Waals surface area (Å²) in [6.07, 6.45) is 2.31. The summed E-state index contributed by atoms with van der Waals surface area (Å²) in [6, 6.07) is 9.00. The van der Waals surface area contributed by atoms with E-state index in [1.54, 1.807) is 0 Å². The van der Waals surface area contributed by atoms with Crippen LogP contribution >= 0.6 is 0 Å². The predicted octanol–water partition coefficient (Wildman–Crippen LogP) is 2.52. The van der Waals surface area contributed by atoms with Crippen LogP contribution < -0.4 is 10.2 Å². The van der Waals surface area contributed by atoms with E-state index in [2.05, 4.69) is 51.6 Å². The minimum Gasteiger partial charge on any atom is -0.350 e. The molecule has 1 N–H and O–H groups in total. The molecular formula is C16H22N4. The lowest BCUT2D eigenvalue weighted by Gasteiger charge is -2.30. The van der Waals surface area contributed by atoms with Crippen LogP contribution in [0.15, 0.2) is 24.3 Å². The molecule has 0 bridgehead atoms. The molecule has 1 aromatic heterocycles. The van der Waals surface area contributed by atoms with Gasteiger partial charge in [0.05, 0.1) is 5.69 Å². The van der Waals surface area contributed by atoms with Crippen LogP contribution in [0.4, 0.5) is 5.82 Å². The van der Waals surface area contributed by atoms with E-state index in [1.165, 1.54) is 17.2 Å². The molecule has 2 heterocycles. The molecule has 1 aliphatic heterocycles. The van der Waals surface area contributed by atoms with Crippen molar-refractivity contribution in [3.63, 3.8) is 0 Å². The Labute approximate surface area is 120 Å². The molecular weight excluding hydrogens is 248 g/mol. The maximum Gasteiger partial charge on any atom is 0.159 e. The highest BCUT2D eigenvalue weighted by Gasteiger charge is 2.24. The second-order valence-corrected chi connectivity index (χ2v) is 5.49. The molecule has 1 fully saturated rings. The van der Waals surface area contributed by atoms with Crippen molar-refractivity contribution in [2.45, 2.75) is 32.7 Å². The van der Waals surface area contributed by atoms with Crippen LogP contribution in [0.5, 0.6) is 0 Å². The molecule has 20 heavy (non-hydrogen) atoms. The first-order valence-corrected chi connectivity index (χ1v) is 7.50. The van der Waals surface area contributed by atoms with E-state index in [-0.39, 0.29) is 0 Å². The maximum atomic E-state index is 4.52. The number of fused-ring (bicyclic) bond motifs is 1. The summed E-state index contributed by atoms with van der Waals surface area (Å²) in [5.74, 6) is 1.04. The Morgan fingerprint density at radius 3 is 2.75 bits per heavy atom. The molecule has 3 rings (SSSR count). The van der Waals surface area contributed by atoms with Crippen molar-refractivity contribution < 1.29 is 0 Å². The average molecular weight is 270 g/mol. The minimum absolute atomic E-state index is 0.537. The summed E-state index contributed by atoms with van der Waals surface area (Å²) in [5, 5.41) is 14.8. The topological polar surface area (TPSA) is 41.1 Å². The van der Waals surface area contributed by atoms with E-state index in [4.69, 9.17) is 0 Å². The van der Waals surface area contributed by atoms with Crippen molar-refractivity contribution in [1.82, 2.24) is 15.5 Å². The van der Waals surface area contributed by atoms with Gasteiger partial charge in [-0.2, -0.15) is 5.10 Å². The van der Waals surface area contributed by atoms with Crippen molar-refractivity contribution >= 4 is 16.6 Å². The molecule has 0 amide bonds. The average Bonchev–Trinajstić information content (AvgIpc) is 3.00. The smallest absolute Gasteiger partial charge is 0.159 e. The second kappa shape index (κ2) is 5.75. The van der Waals surface area contributed by atoms with Gasteiger partial charge in [0.25, 0.3) is 0 Å². The van der Waals surface area contributed by atoms with Gasteiger partial charge in [0.1, 0.15) is 0 Å². The first-order chi connectivity index (χ1) is 9.81. The highest BCUT2D eigenvalue weighted by Crippen LogP contribution is 2.28. The van der Waals surface area contributed by atoms with Gasteiger partial charge in [-0.15, -0.1) is 5.10 Å². The third-order valence-electron chi connectivity index (χ3n) is 4.06. The van der Waals surface area contributed by atoms with Crippen LogP contribution in [0.2, 0.25) is 0 Å². The fourth-order valence-corrected chi connectivity index (χ4v) is 3.04. The standard InChI is InChI=1S/C16H22N4/c1-3-10-20(13-8-9-17-11-13)16-15-7-5-4-6-14(15)12(2)18-19-16/h4-7,13,17H,3,8-11H2,1-2H3. The third kappa shape index (κ3) is 2.36. The molecule has 1 atom stereocenters. The number of nitrogens with one attached hydrogen (secondary N) is 1. The zero-order valence-corrected chi connectivity index (χ0v) is 12.3. The quantitative estimate of drug-likeness (QED) is 0.927. The third-order valence-corrected chi connectivity index (χ3v) is 4.06. The van der Waals surface area contributed by atoms with Gasteiger partial charge in [-0.05, 0) is 26.3 Å². The molecule has 106 valence electrons. The predicted molar refractivity (Wildman–Crippen MR) is 83.2 cm³/mol. The first kappa shape index (κ1) is 13.3. The van der Waals surface area contributed by atoms with Crippen molar-refractivity contribution in [3.8, 4) is 0 Å². The molecule has 0 aliphatic carbocycles. The van der Waals surface area contributed by atoms with Crippen molar-refractivity contribution in [2.75, 3.05) is 24.5 Å². The SMILES string of the molecule is CCCN(c1nnc(C)c2ccccc12)C1CCNC1.